The molecule has 0 unspecified atom stereocenters. The molecule has 100 valence electrons. The van der Waals surface area contributed by atoms with E-state index in [2.05, 4.69) is 33.7 Å². The van der Waals surface area contributed by atoms with E-state index in [1.807, 2.05) is 0 Å². The fourth-order valence-corrected chi connectivity index (χ4v) is 2.75. The summed E-state index contributed by atoms with van der Waals surface area (Å²) in [6, 6.07) is 2.12. The van der Waals surface area contributed by atoms with E-state index in [0.717, 1.165) is 13.0 Å². The number of rotatable bonds is 6. The molecular formula is C13H15N3O2S. The Kier molecular flexibility index (Phi) is 4.59. The predicted octanol–water partition coefficient (Wildman–Crippen LogP) is 2.09. The van der Waals surface area contributed by atoms with Gasteiger partial charge in [-0.2, -0.15) is 0 Å². The maximum Gasteiger partial charge on any atom is 0.339 e. The van der Waals surface area contributed by atoms with E-state index >= 15 is 0 Å². The Morgan fingerprint density at radius 3 is 3.05 bits per heavy atom. The van der Waals surface area contributed by atoms with Gasteiger partial charge >= 0.3 is 5.97 Å². The first kappa shape index (κ1) is 13.6. The number of nitrogens with one attached hydrogen (secondary N) is 1. The summed E-state index contributed by atoms with van der Waals surface area (Å²) < 4.78 is 0. The average molecular weight is 277 g/mol. The zero-order valence-corrected chi connectivity index (χ0v) is 11.4. The lowest BCUT2D eigenvalue weighted by molar-refractivity contribution is 0.0694. The molecule has 2 rings (SSSR count). The Morgan fingerprint density at radius 2 is 2.32 bits per heavy atom. The van der Waals surface area contributed by atoms with Crippen LogP contribution in [0.25, 0.3) is 0 Å². The summed E-state index contributed by atoms with van der Waals surface area (Å²) in [6.45, 7) is 3.27. The highest BCUT2D eigenvalue weighted by molar-refractivity contribution is 7.10. The summed E-state index contributed by atoms with van der Waals surface area (Å²) in [7, 11) is 0. The highest BCUT2D eigenvalue weighted by Crippen LogP contribution is 2.17. The molecule has 0 saturated carbocycles. The lowest BCUT2D eigenvalue weighted by atomic mass is 10.2. The molecular weight excluding hydrogens is 262 g/mol. The molecule has 2 aromatic heterocycles. The first-order valence-electron chi connectivity index (χ1n) is 6.00. The van der Waals surface area contributed by atoms with Crippen LogP contribution in [0, 0.1) is 0 Å². The van der Waals surface area contributed by atoms with Crippen LogP contribution in [0.5, 0.6) is 0 Å². The summed E-state index contributed by atoms with van der Waals surface area (Å²) in [6.07, 6.45) is 3.70. The monoisotopic (exact) mass is 277 g/mol. The fourth-order valence-electron chi connectivity index (χ4n) is 1.81. The number of hydrogen-bond donors (Lipinski definition) is 2. The first-order chi connectivity index (χ1) is 9.22. The van der Waals surface area contributed by atoms with Gasteiger partial charge in [0.25, 0.3) is 0 Å². The molecule has 0 bridgehead atoms. The van der Waals surface area contributed by atoms with Crippen molar-refractivity contribution in [1.82, 2.24) is 15.3 Å². The third-order valence-corrected chi connectivity index (χ3v) is 3.78. The fraction of sp³-hybridized carbons (Fsp3) is 0.308. The van der Waals surface area contributed by atoms with Gasteiger partial charge in [0, 0.05) is 24.2 Å². The molecule has 0 aromatic carbocycles. The molecule has 2 N–H and O–H groups in total. The smallest absolute Gasteiger partial charge is 0.339 e. The number of aromatic nitrogens is 2. The van der Waals surface area contributed by atoms with Gasteiger partial charge in [-0.25, -0.2) is 14.8 Å². The van der Waals surface area contributed by atoms with Crippen molar-refractivity contribution in [3.63, 3.8) is 0 Å². The average Bonchev–Trinajstić information content (AvgIpc) is 2.86. The van der Waals surface area contributed by atoms with Gasteiger partial charge < -0.3 is 10.4 Å². The molecule has 19 heavy (non-hydrogen) atoms. The number of carboxylic acids is 1. The molecule has 0 aliphatic rings. The van der Waals surface area contributed by atoms with Crippen LogP contribution in [0.1, 0.15) is 33.4 Å². The minimum Gasteiger partial charge on any atom is -0.478 e. The van der Waals surface area contributed by atoms with Crippen molar-refractivity contribution in [2.24, 2.45) is 0 Å². The lowest BCUT2D eigenvalue weighted by Crippen LogP contribution is -2.17. The predicted molar refractivity (Wildman–Crippen MR) is 73.2 cm³/mol. The van der Waals surface area contributed by atoms with E-state index in [0.29, 0.717) is 12.2 Å². The van der Waals surface area contributed by atoms with Crippen molar-refractivity contribution in [3.05, 3.63) is 45.7 Å². The summed E-state index contributed by atoms with van der Waals surface area (Å²) in [5.41, 5.74) is 1.99. The standard InChI is InChI=1S/C13H15N3O2S/c1-2-9-3-4-19-12(9)7-14-6-11-10(13(17)18)5-15-8-16-11/h3-5,8,14H,2,6-7H2,1H3,(H,17,18). The topological polar surface area (TPSA) is 75.1 Å². The van der Waals surface area contributed by atoms with E-state index < -0.39 is 5.97 Å². The zero-order valence-electron chi connectivity index (χ0n) is 10.6. The number of nitrogens with zero attached hydrogens (tertiary/aromatic N) is 2. The van der Waals surface area contributed by atoms with Crippen LogP contribution in [0.4, 0.5) is 0 Å². The van der Waals surface area contributed by atoms with E-state index in [-0.39, 0.29) is 5.56 Å². The van der Waals surface area contributed by atoms with Crippen LogP contribution in [-0.2, 0) is 19.5 Å². The highest BCUT2D eigenvalue weighted by Gasteiger charge is 2.11. The Bertz CT molecular complexity index is 569. The third-order valence-electron chi connectivity index (χ3n) is 2.82. The molecule has 0 radical (unpaired) electrons. The molecule has 2 aromatic rings. The largest absolute Gasteiger partial charge is 0.478 e. The van der Waals surface area contributed by atoms with Gasteiger partial charge in [-0.3, -0.25) is 0 Å². The number of aromatic carboxylic acids is 1. The quantitative estimate of drug-likeness (QED) is 0.845. The number of carboxylic acid groups (broad SMARTS) is 1. The normalized spacial score (nSPS) is 10.6. The second kappa shape index (κ2) is 6.40. The van der Waals surface area contributed by atoms with Crippen LogP contribution in [-0.4, -0.2) is 21.0 Å². The van der Waals surface area contributed by atoms with Gasteiger partial charge in [0.05, 0.1) is 5.69 Å². The summed E-state index contributed by atoms with van der Waals surface area (Å²) >= 11 is 1.71. The molecule has 0 amide bonds. The maximum atomic E-state index is 11.0. The molecule has 5 nitrogen and oxygen atoms in total. The summed E-state index contributed by atoms with van der Waals surface area (Å²) in [5, 5.41) is 14.3. The van der Waals surface area contributed by atoms with E-state index in [1.54, 1.807) is 11.3 Å². The van der Waals surface area contributed by atoms with Gasteiger partial charge in [0.1, 0.15) is 11.9 Å². The number of thiophene rings is 1. The Balaban J connectivity index is 1.98. The van der Waals surface area contributed by atoms with E-state index in [1.165, 1.54) is 23.0 Å². The van der Waals surface area contributed by atoms with Crippen molar-refractivity contribution >= 4 is 17.3 Å². The van der Waals surface area contributed by atoms with Gasteiger partial charge in [0.15, 0.2) is 0 Å². The Hall–Kier alpha value is -1.79. The van der Waals surface area contributed by atoms with Gasteiger partial charge in [-0.05, 0) is 23.4 Å². The van der Waals surface area contributed by atoms with Gasteiger partial charge in [-0.15, -0.1) is 11.3 Å². The van der Waals surface area contributed by atoms with Crippen LogP contribution in [0.15, 0.2) is 24.0 Å². The van der Waals surface area contributed by atoms with Crippen LogP contribution < -0.4 is 5.32 Å². The minimum absolute atomic E-state index is 0.150. The van der Waals surface area contributed by atoms with Crippen molar-refractivity contribution < 1.29 is 9.90 Å². The van der Waals surface area contributed by atoms with Crippen LogP contribution >= 0.6 is 11.3 Å². The molecule has 0 aliphatic carbocycles. The summed E-state index contributed by atoms with van der Waals surface area (Å²) in [5.74, 6) is -0.997. The highest BCUT2D eigenvalue weighted by atomic mass is 32.1. The first-order valence-corrected chi connectivity index (χ1v) is 6.88. The molecule has 6 heteroatoms. The molecule has 2 heterocycles. The lowest BCUT2D eigenvalue weighted by Gasteiger charge is -2.06. The van der Waals surface area contributed by atoms with E-state index in [4.69, 9.17) is 5.11 Å². The van der Waals surface area contributed by atoms with Gasteiger partial charge in [-0.1, -0.05) is 6.92 Å². The zero-order chi connectivity index (χ0) is 13.7. The summed E-state index contributed by atoms with van der Waals surface area (Å²) in [4.78, 5) is 20.0. The molecule has 0 saturated heterocycles. The number of carbonyl (C=O) groups is 1. The number of aryl methyl sites for hydroxylation is 1. The van der Waals surface area contributed by atoms with E-state index in [9.17, 15) is 4.79 Å². The van der Waals surface area contributed by atoms with Crippen LogP contribution in [0.3, 0.4) is 0 Å². The molecule has 0 atom stereocenters. The van der Waals surface area contributed by atoms with Crippen molar-refractivity contribution in [3.8, 4) is 0 Å². The van der Waals surface area contributed by atoms with Crippen molar-refractivity contribution in [2.75, 3.05) is 0 Å². The van der Waals surface area contributed by atoms with Crippen molar-refractivity contribution in [2.45, 2.75) is 26.4 Å². The SMILES string of the molecule is CCc1ccsc1CNCc1ncncc1C(=O)O. The minimum atomic E-state index is -0.997. The number of hydrogen-bond acceptors (Lipinski definition) is 5. The second-order valence-corrected chi connectivity index (χ2v) is 5.02. The van der Waals surface area contributed by atoms with Crippen molar-refractivity contribution in [1.29, 1.82) is 0 Å². The molecule has 0 aliphatic heterocycles. The Morgan fingerprint density at radius 1 is 1.47 bits per heavy atom. The van der Waals surface area contributed by atoms with Crippen LogP contribution in [0.2, 0.25) is 0 Å². The third kappa shape index (κ3) is 3.36. The maximum absolute atomic E-state index is 11.0. The van der Waals surface area contributed by atoms with Gasteiger partial charge in [0.2, 0.25) is 0 Å². The Labute approximate surface area is 115 Å². The molecule has 0 spiro atoms. The second-order valence-electron chi connectivity index (χ2n) is 4.01. The molecule has 0 fully saturated rings.